The highest BCUT2D eigenvalue weighted by Crippen LogP contribution is 2.35. The zero-order chi connectivity index (χ0) is 15.7. The molecule has 22 heavy (non-hydrogen) atoms. The number of benzene rings is 1. The molecule has 0 spiro atoms. The van der Waals surface area contributed by atoms with Gasteiger partial charge in [-0.3, -0.25) is 4.84 Å². The second kappa shape index (κ2) is 6.10. The molecule has 0 unspecified atom stereocenters. The van der Waals surface area contributed by atoms with Gasteiger partial charge in [0, 0.05) is 12.7 Å². The summed E-state index contributed by atoms with van der Waals surface area (Å²) < 4.78 is 17.1. The van der Waals surface area contributed by atoms with Gasteiger partial charge in [-0.2, -0.15) is 5.06 Å². The second-order valence-corrected chi connectivity index (χ2v) is 6.12. The van der Waals surface area contributed by atoms with E-state index in [4.69, 9.17) is 19.0 Å². The van der Waals surface area contributed by atoms with Gasteiger partial charge in [-0.05, 0) is 19.4 Å². The molecule has 1 aromatic carbocycles. The minimum atomic E-state index is -0.575. The predicted molar refractivity (Wildman–Crippen MR) is 81.7 cm³/mol. The highest BCUT2D eigenvalue weighted by molar-refractivity contribution is 5.19. The molecule has 2 fully saturated rings. The van der Waals surface area contributed by atoms with E-state index in [0.29, 0.717) is 13.2 Å². The van der Waals surface area contributed by atoms with Crippen molar-refractivity contribution in [3.8, 4) is 0 Å². The summed E-state index contributed by atoms with van der Waals surface area (Å²) in [6.45, 7) is 9.14. The maximum atomic E-state index is 6.00. The summed E-state index contributed by atoms with van der Waals surface area (Å²) in [5.41, 5.74) is 2.03. The average molecular weight is 305 g/mol. The van der Waals surface area contributed by atoms with Gasteiger partial charge >= 0.3 is 0 Å². The lowest BCUT2D eigenvalue weighted by Gasteiger charge is -2.27. The monoisotopic (exact) mass is 305 g/mol. The van der Waals surface area contributed by atoms with E-state index in [2.05, 4.69) is 18.7 Å². The van der Waals surface area contributed by atoms with Crippen LogP contribution in [0.3, 0.4) is 0 Å². The Bertz CT molecular complexity index is 531. The van der Waals surface area contributed by atoms with Gasteiger partial charge in [0.15, 0.2) is 5.79 Å². The third-order valence-electron chi connectivity index (χ3n) is 4.00. The van der Waals surface area contributed by atoms with E-state index in [9.17, 15) is 0 Å². The van der Waals surface area contributed by atoms with Crippen molar-refractivity contribution in [1.82, 2.24) is 5.06 Å². The lowest BCUT2D eigenvalue weighted by Crippen LogP contribution is -2.41. The minimum Gasteiger partial charge on any atom is -0.351 e. The fraction of sp³-hybridized carbons (Fsp3) is 0.529. The maximum absolute atomic E-state index is 6.00. The molecule has 0 bridgehead atoms. The van der Waals surface area contributed by atoms with Gasteiger partial charge < -0.3 is 14.2 Å². The van der Waals surface area contributed by atoms with Crippen LogP contribution in [0.4, 0.5) is 0 Å². The van der Waals surface area contributed by atoms with E-state index in [1.807, 2.05) is 37.1 Å². The van der Waals surface area contributed by atoms with Gasteiger partial charge in [-0.1, -0.05) is 36.9 Å². The van der Waals surface area contributed by atoms with Crippen LogP contribution in [0.15, 0.2) is 42.5 Å². The molecule has 5 nitrogen and oxygen atoms in total. The first-order valence-corrected chi connectivity index (χ1v) is 7.51. The third kappa shape index (κ3) is 3.09. The molecule has 0 aromatic heterocycles. The third-order valence-corrected chi connectivity index (χ3v) is 4.00. The van der Waals surface area contributed by atoms with E-state index >= 15 is 0 Å². The lowest BCUT2D eigenvalue weighted by atomic mass is 10.0. The van der Waals surface area contributed by atoms with E-state index in [-0.39, 0.29) is 12.1 Å². The standard InChI is InChI=1S/C17H23NO4/c1-12-15(14-11-20-17(2,3)21-14)18(22-16(12)19-4)10-13-8-6-5-7-9-13/h5-9,14-16H,1,10-11H2,2-4H3/t14-,15+,16+/m1/s1. The van der Waals surface area contributed by atoms with E-state index in [0.717, 1.165) is 11.1 Å². The number of ether oxygens (including phenoxy) is 3. The number of nitrogens with zero attached hydrogens (tertiary/aromatic N) is 1. The van der Waals surface area contributed by atoms with Gasteiger partial charge in [-0.25, -0.2) is 0 Å². The van der Waals surface area contributed by atoms with Gasteiger partial charge in [0.1, 0.15) is 6.10 Å². The van der Waals surface area contributed by atoms with Crippen LogP contribution in [0.2, 0.25) is 0 Å². The molecular weight excluding hydrogens is 282 g/mol. The summed E-state index contributed by atoms with van der Waals surface area (Å²) >= 11 is 0. The Balaban J connectivity index is 1.79. The Hall–Kier alpha value is -1.24. The molecule has 2 aliphatic rings. The molecule has 2 aliphatic heterocycles. The number of methoxy groups -OCH3 is 1. The first kappa shape index (κ1) is 15.6. The highest BCUT2D eigenvalue weighted by atomic mass is 16.8. The van der Waals surface area contributed by atoms with Crippen LogP contribution in [0.5, 0.6) is 0 Å². The fourth-order valence-electron chi connectivity index (χ4n) is 2.97. The Morgan fingerprint density at radius 1 is 1.32 bits per heavy atom. The van der Waals surface area contributed by atoms with E-state index in [1.54, 1.807) is 7.11 Å². The summed E-state index contributed by atoms with van der Waals surface area (Å²) in [6.07, 6.45) is -0.563. The van der Waals surface area contributed by atoms with E-state index in [1.165, 1.54) is 0 Å². The molecule has 0 saturated carbocycles. The van der Waals surface area contributed by atoms with Crippen molar-refractivity contribution in [1.29, 1.82) is 0 Å². The molecule has 0 N–H and O–H groups in total. The van der Waals surface area contributed by atoms with Crippen molar-refractivity contribution in [3.05, 3.63) is 48.0 Å². The summed E-state index contributed by atoms with van der Waals surface area (Å²) in [5, 5.41) is 1.89. The van der Waals surface area contributed by atoms with Gasteiger partial charge in [0.05, 0.1) is 19.2 Å². The quantitative estimate of drug-likeness (QED) is 0.799. The maximum Gasteiger partial charge on any atom is 0.200 e. The molecule has 0 radical (unpaired) electrons. The summed E-state index contributed by atoms with van der Waals surface area (Å²) in [5.74, 6) is -0.575. The lowest BCUT2D eigenvalue weighted by molar-refractivity contribution is -0.243. The minimum absolute atomic E-state index is 0.0908. The smallest absolute Gasteiger partial charge is 0.200 e. The number of hydrogen-bond acceptors (Lipinski definition) is 5. The summed E-state index contributed by atoms with van der Waals surface area (Å²) in [6, 6.07) is 10.1. The zero-order valence-electron chi connectivity index (χ0n) is 13.3. The van der Waals surface area contributed by atoms with Gasteiger partial charge in [0.25, 0.3) is 0 Å². The van der Waals surface area contributed by atoms with Crippen molar-refractivity contribution in [2.75, 3.05) is 13.7 Å². The molecule has 0 aliphatic carbocycles. The molecule has 120 valence electrons. The SMILES string of the molecule is C=C1[C@@H](OC)ON(Cc2ccccc2)[C@@H]1[C@H]1COC(C)(C)O1. The molecule has 0 amide bonds. The van der Waals surface area contributed by atoms with Crippen LogP contribution in [0.25, 0.3) is 0 Å². The molecule has 3 rings (SSSR count). The Morgan fingerprint density at radius 2 is 2.05 bits per heavy atom. The molecule has 2 heterocycles. The average Bonchev–Trinajstić information content (AvgIpc) is 2.99. The Labute approximate surface area is 131 Å². The van der Waals surface area contributed by atoms with Crippen LogP contribution in [-0.4, -0.2) is 43.0 Å². The summed E-state index contributed by atoms with van der Waals surface area (Å²) in [7, 11) is 1.62. The molecule has 5 heteroatoms. The first-order chi connectivity index (χ1) is 10.5. The molecular formula is C17H23NO4. The zero-order valence-corrected chi connectivity index (χ0v) is 13.3. The van der Waals surface area contributed by atoms with Crippen molar-refractivity contribution in [2.24, 2.45) is 0 Å². The van der Waals surface area contributed by atoms with E-state index < -0.39 is 12.1 Å². The van der Waals surface area contributed by atoms with Crippen molar-refractivity contribution in [2.45, 2.75) is 44.6 Å². The van der Waals surface area contributed by atoms with Crippen LogP contribution in [0, 0.1) is 0 Å². The Morgan fingerprint density at radius 3 is 2.64 bits per heavy atom. The molecule has 3 atom stereocenters. The topological polar surface area (TPSA) is 40.2 Å². The number of hydroxylamine groups is 2. The van der Waals surface area contributed by atoms with Crippen molar-refractivity contribution in [3.63, 3.8) is 0 Å². The molecule has 2 saturated heterocycles. The van der Waals surface area contributed by atoms with Crippen molar-refractivity contribution >= 4 is 0 Å². The fourth-order valence-corrected chi connectivity index (χ4v) is 2.97. The number of hydrogen-bond donors (Lipinski definition) is 0. The van der Waals surface area contributed by atoms with Crippen molar-refractivity contribution < 1.29 is 19.0 Å². The highest BCUT2D eigenvalue weighted by Gasteiger charge is 2.47. The van der Waals surface area contributed by atoms with Gasteiger partial charge in [0.2, 0.25) is 6.29 Å². The van der Waals surface area contributed by atoms with Crippen LogP contribution in [0.1, 0.15) is 19.4 Å². The normalized spacial score (nSPS) is 31.8. The van der Waals surface area contributed by atoms with Crippen LogP contribution in [-0.2, 0) is 25.6 Å². The first-order valence-electron chi connectivity index (χ1n) is 7.51. The van der Waals surface area contributed by atoms with Crippen LogP contribution >= 0.6 is 0 Å². The van der Waals surface area contributed by atoms with Crippen LogP contribution < -0.4 is 0 Å². The summed E-state index contributed by atoms with van der Waals surface area (Å²) in [4.78, 5) is 5.90. The second-order valence-electron chi connectivity index (χ2n) is 6.12. The molecule has 1 aromatic rings. The Kier molecular flexibility index (Phi) is 4.34. The largest absolute Gasteiger partial charge is 0.351 e. The number of rotatable bonds is 4. The van der Waals surface area contributed by atoms with Gasteiger partial charge in [-0.15, -0.1) is 0 Å². The predicted octanol–water partition coefficient (Wildman–Crippen LogP) is 2.48.